The number of thioether (sulfide) groups is 1. The van der Waals surface area contributed by atoms with Crippen molar-refractivity contribution in [1.82, 2.24) is 10.3 Å². The summed E-state index contributed by atoms with van der Waals surface area (Å²) in [6.07, 6.45) is 3.95. The zero-order valence-corrected chi connectivity index (χ0v) is 12.0. The molecule has 0 bridgehead atoms. The number of pyridine rings is 1. The number of ether oxygens (including phenoxy) is 1. The molecular formula is C13H17N3O3S. The van der Waals surface area contributed by atoms with Crippen molar-refractivity contribution in [2.75, 3.05) is 30.5 Å². The smallest absolute Gasteiger partial charge is 0.313 e. The first-order valence-electron chi connectivity index (χ1n) is 6.27. The van der Waals surface area contributed by atoms with Crippen molar-refractivity contribution in [2.45, 2.75) is 12.0 Å². The highest BCUT2D eigenvalue weighted by Gasteiger charge is 2.35. The van der Waals surface area contributed by atoms with Gasteiger partial charge in [-0.15, -0.1) is 0 Å². The molecule has 0 aliphatic carbocycles. The molecule has 0 saturated carbocycles. The summed E-state index contributed by atoms with van der Waals surface area (Å²) in [5.41, 5.74) is 0.139. The summed E-state index contributed by atoms with van der Waals surface area (Å²) in [6, 6.07) is 3.35. The Morgan fingerprint density at radius 2 is 2.35 bits per heavy atom. The first kappa shape index (κ1) is 14.8. The maximum absolute atomic E-state index is 11.8. The summed E-state index contributed by atoms with van der Waals surface area (Å²) in [4.78, 5) is 27.3. The van der Waals surface area contributed by atoms with E-state index in [1.165, 1.54) is 6.20 Å². The molecule has 2 heterocycles. The number of methoxy groups -OCH3 is 1. The summed E-state index contributed by atoms with van der Waals surface area (Å²) in [6.45, 7) is 0.343. The summed E-state index contributed by atoms with van der Waals surface area (Å²) < 4.78 is 5.47. The number of anilines is 1. The number of hydrogen-bond donors (Lipinski definition) is 2. The third kappa shape index (κ3) is 3.71. The molecule has 1 aliphatic heterocycles. The average Bonchev–Trinajstić information content (AvgIpc) is 2.95. The Hall–Kier alpha value is -1.60. The van der Waals surface area contributed by atoms with E-state index in [-0.39, 0.29) is 5.60 Å². The fourth-order valence-electron chi connectivity index (χ4n) is 1.91. The lowest BCUT2D eigenvalue weighted by atomic mass is 10.0. The van der Waals surface area contributed by atoms with Gasteiger partial charge in [0.15, 0.2) is 0 Å². The van der Waals surface area contributed by atoms with Crippen LogP contribution >= 0.6 is 11.8 Å². The van der Waals surface area contributed by atoms with Gasteiger partial charge in [0.2, 0.25) is 0 Å². The summed E-state index contributed by atoms with van der Waals surface area (Å²) >= 11 is 1.78. The van der Waals surface area contributed by atoms with E-state index >= 15 is 0 Å². The van der Waals surface area contributed by atoms with Crippen molar-refractivity contribution in [3.05, 3.63) is 24.5 Å². The van der Waals surface area contributed by atoms with Gasteiger partial charge in [-0.3, -0.25) is 14.6 Å². The first-order valence-corrected chi connectivity index (χ1v) is 7.43. The van der Waals surface area contributed by atoms with Gasteiger partial charge in [0.1, 0.15) is 0 Å². The van der Waals surface area contributed by atoms with E-state index in [1.54, 1.807) is 37.2 Å². The molecule has 1 fully saturated rings. The van der Waals surface area contributed by atoms with Crippen molar-refractivity contribution < 1.29 is 14.3 Å². The Balaban J connectivity index is 1.84. The van der Waals surface area contributed by atoms with E-state index in [0.29, 0.717) is 12.2 Å². The first-order chi connectivity index (χ1) is 9.65. The molecule has 108 valence electrons. The fourth-order valence-corrected chi connectivity index (χ4v) is 3.30. The molecule has 2 N–H and O–H groups in total. The minimum Gasteiger partial charge on any atom is -0.376 e. The van der Waals surface area contributed by atoms with Gasteiger partial charge < -0.3 is 15.4 Å². The Morgan fingerprint density at radius 3 is 2.95 bits per heavy atom. The van der Waals surface area contributed by atoms with Crippen LogP contribution in [0.25, 0.3) is 0 Å². The van der Waals surface area contributed by atoms with Crippen molar-refractivity contribution in [1.29, 1.82) is 0 Å². The fraction of sp³-hybridized carbons (Fsp3) is 0.462. The molecule has 7 heteroatoms. The number of carbonyl (C=O) groups is 2. The molecule has 6 nitrogen and oxygen atoms in total. The van der Waals surface area contributed by atoms with Crippen molar-refractivity contribution >= 4 is 29.3 Å². The quantitative estimate of drug-likeness (QED) is 0.798. The van der Waals surface area contributed by atoms with Crippen LogP contribution in [0.3, 0.4) is 0 Å². The number of nitrogens with zero attached hydrogens (tertiary/aromatic N) is 1. The van der Waals surface area contributed by atoms with E-state index in [0.717, 1.165) is 17.9 Å². The lowest BCUT2D eigenvalue weighted by molar-refractivity contribution is -0.136. The highest BCUT2D eigenvalue weighted by Crippen LogP contribution is 2.30. The predicted molar refractivity (Wildman–Crippen MR) is 77.6 cm³/mol. The molecule has 1 saturated heterocycles. The Kier molecular flexibility index (Phi) is 4.97. The molecular weight excluding hydrogens is 278 g/mol. The summed E-state index contributed by atoms with van der Waals surface area (Å²) in [5.74, 6) is 0.469. The third-order valence-corrected chi connectivity index (χ3v) is 4.42. The lowest BCUT2D eigenvalue weighted by Gasteiger charge is -2.26. The molecule has 0 radical (unpaired) electrons. The maximum atomic E-state index is 11.8. The van der Waals surface area contributed by atoms with Crippen molar-refractivity contribution in [3.8, 4) is 0 Å². The monoisotopic (exact) mass is 295 g/mol. The SMILES string of the molecule is COC1(CNC(=O)C(=O)Nc2cccnc2)CCSC1. The third-order valence-electron chi connectivity index (χ3n) is 3.20. The molecule has 1 aromatic rings. The van der Waals surface area contributed by atoms with Crippen molar-refractivity contribution in [3.63, 3.8) is 0 Å². The summed E-state index contributed by atoms with van der Waals surface area (Å²) in [5, 5.41) is 5.11. The molecule has 0 aromatic carbocycles. The minimum absolute atomic E-state index is 0.343. The molecule has 2 amide bonds. The Labute approximate surface area is 121 Å². The van der Waals surface area contributed by atoms with Gasteiger partial charge in [0.25, 0.3) is 0 Å². The summed E-state index contributed by atoms with van der Waals surface area (Å²) in [7, 11) is 1.63. The Bertz CT molecular complexity index is 475. The lowest BCUT2D eigenvalue weighted by Crippen LogP contribution is -2.47. The van der Waals surface area contributed by atoms with E-state index in [4.69, 9.17) is 4.74 Å². The van der Waals surface area contributed by atoms with Gasteiger partial charge in [0.05, 0.1) is 17.5 Å². The van der Waals surface area contributed by atoms with Crippen LogP contribution in [0, 0.1) is 0 Å². The van der Waals surface area contributed by atoms with Crippen LogP contribution in [0.5, 0.6) is 0 Å². The second-order valence-electron chi connectivity index (χ2n) is 4.57. The number of carbonyl (C=O) groups excluding carboxylic acids is 2. The van der Waals surface area contributed by atoms with E-state index in [1.807, 2.05) is 0 Å². The molecule has 2 rings (SSSR count). The minimum atomic E-state index is -0.699. The van der Waals surface area contributed by atoms with Gasteiger partial charge in [-0.2, -0.15) is 11.8 Å². The zero-order chi connectivity index (χ0) is 14.4. The van der Waals surface area contributed by atoms with Crippen LogP contribution in [-0.2, 0) is 14.3 Å². The second-order valence-corrected chi connectivity index (χ2v) is 5.67. The molecule has 20 heavy (non-hydrogen) atoms. The average molecular weight is 295 g/mol. The van der Waals surface area contributed by atoms with E-state index in [2.05, 4.69) is 15.6 Å². The van der Waals surface area contributed by atoms with E-state index in [9.17, 15) is 9.59 Å². The highest BCUT2D eigenvalue weighted by molar-refractivity contribution is 7.99. The van der Waals surface area contributed by atoms with Gasteiger partial charge in [-0.25, -0.2) is 0 Å². The highest BCUT2D eigenvalue weighted by atomic mass is 32.2. The largest absolute Gasteiger partial charge is 0.376 e. The second kappa shape index (κ2) is 6.71. The van der Waals surface area contributed by atoms with Crippen LogP contribution < -0.4 is 10.6 Å². The van der Waals surface area contributed by atoms with Crippen molar-refractivity contribution in [2.24, 2.45) is 0 Å². The number of nitrogens with one attached hydrogen (secondary N) is 2. The van der Waals surface area contributed by atoms with Crippen LogP contribution in [0.2, 0.25) is 0 Å². The normalized spacial score (nSPS) is 21.4. The van der Waals surface area contributed by atoms with Gasteiger partial charge in [-0.1, -0.05) is 0 Å². The molecule has 0 spiro atoms. The molecule has 1 atom stereocenters. The van der Waals surface area contributed by atoms with Crippen LogP contribution in [-0.4, -0.2) is 47.6 Å². The number of rotatable bonds is 4. The van der Waals surface area contributed by atoms with Gasteiger partial charge in [0, 0.05) is 25.6 Å². The molecule has 1 aromatic heterocycles. The Morgan fingerprint density at radius 1 is 1.50 bits per heavy atom. The predicted octanol–water partition coefficient (Wildman–Crippen LogP) is 0.658. The van der Waals surface area contributed by atoms with Gasteiger partial charge >= 0.3 is 11.8 Å². The van der Waals surface area contributed by atoms with Crippen LogP contribution in [0.4, 0.5) is 5.69 Å². The standard InChI is InChI=1S/C13H17N3O3S/c1-19-13(4-6-20-9-13)8-15-11(17)12(18)16-10-3-2-5-14-7-10/h2-3,5,7H,4,6,8-9H2,1H3,(H,15,17)(H,16,18). The number of hydrogen-bond acceptors (Lipinski definition) is 5. The van der Waals surface area contributed by atoms with E-state index < -0.39 is 11.8 Å². The molecule has 1 aliphatic rings. The maximum Gasteiger partial charge on any atom is 0.313 e. The zero-order valence-electron chi connectivity index (χ0n) is 11.2. The topological polar surface area (TPSA) is 80.3 Å². The van der Waals surface area contributed by atoms with Crippen LogP contribution in [0.1, 0.15) is 6.42 Å². The van der Waals surface area contributed by atoms with Gasteiger partial charge in [-0.05, 0) is 24.3 Å². The number of aromatic nitrogens is 1. The number of amides is 2. The molecule has 1 unspecified atom stereocenters. The van der Waals surface area contributed by atoms with Crippen LogP contribution in [0.15, 0.2) is 24.5 Å².